The van der Waals surface area contributed by atoms with Gasteiger partial charge in [-0.25, -0.2) is 31.1 Å². The monoisotopic (exact) mass is 1830 g/mol. The second-order valence-electron chi connectivity index (χ2n) is 36.1. The fourth-order valence-corrected chi connectivity index (χ4v) is 18.5. The number of amides is 10. The van der Waals surface area contributed by atoms with Gasteiger partial charge in [0.15, 0.2) is 0 Å². The number of nitrogens with one attached hydrogen (secondary N) is 16. The highest BCUT2D eigenvalue weighted by Gasteiger charge is 2.42. The number of carbonyl (C=O) groups excluding carboxylic acids is 12. The zero-order valence-corrected chi connectivity index (χ0v) is 79.6. The van der Waals surface area contributed by atoms with Crippen LogP contribution in [0.5, 0.6) is 11.5 Å². The number of benzene rings is 4. The van der Waals surface area contributed by atoms with Crippen molar-refractivity contribution < 1.29 is 93.3 Å². The summed E-state index contributed by atoms with van der Waals surface area (Å²) in [6.07, 6.45) is 1.03. The molecule has 37 nitrogen and oxygen atoms in total. The maximum atomic E-state index is 15.3. The van der Waals surface area contributed by atoms with E-state index in [-0.39, 0.29) is 73.7 Å². The normalized spacial score (nSPS) is 15.3. The molecule has 4 aromatic carbocycles. The Kier molecular flexibility index (Phi) is 35.9. The minimum absolute atomic E-state index is 0.00593. The number of sulfonamides is 2. The van der Waals surface area contributed by atoms with Gasteiger partial charge in [0, 0.05) is 68.4 Å². The third-order valence-electron chi connectivity index (χ3n) is 22.4. The first kappa shape index (κ1) is 104. The lowest BCUT2D eigenvalue weighted by atomic mass is 9.94. The Bertz CT molecular complexity index is 5300. The molecule has 0 aliphatic carbocycles. The molecule has 2 aliphatic heterocycles. The average molecular weight is 1840 g/mol. The Labute approximate surface area is 755 Å². The van der Waals surface area contributed by atoms with E-state index in [0.29, 0.717) is 86.2 Å². The largest absolute Gasteiger partial charge is 0.487 e. The molecule has 1 aromatic heterocycles. The van der Waals surface area contributed by atoms with Crippen LogP contribution in [0.25, 0.3) is 10.9 Å². The maximum absolute atomic E-state index is 15.3. The van der Waals surface area contributed by atoms with Crippen molar-refractivity contribution in [1.82, 2.24) is 77.8 Å². The first-order valence-corrected chi connectivity index (χ1v) is 46.3. The van der Waals surface area contributed by atoms with Crippen molar-refractivity contribution in [3.63, 3.8) is 0 Å². The summed E-state index contributed by atoms with van der Waals surface area (Å²) in [5, 5.41) is 49.7. The van der Waals surface area contributed by atoms with Gasteiger partial charge in [0.05, 0.1) is 29.0 Å². The third-order valence-corrected chi connectivity index (χ3v) is 25.7. The standard InChI is InChI=1S/C90H131N17O20S2/c1-23-49(6)72(104-82(116)66(98-57(14)108)40-58-31-25-24-26-32-58)84(118)97-56(13)77(111)101-67(41-59-46-107(87(119)127-88(15,16)17)68-36-28-27-33-60(59)68)80(114)102-65(39-47(2)3)81(115)103-71(48(4)5)83(117)100-64(35-30-38-94-86(92)106-129(122,123)76-53(10)51(8)74-62(55(76)12)43-90(20,21)126-74)79(113)95-44-69(109)99-63(78(112)96-45-70(110)124-22)34-29-37-93-85(91)105-128(120,121)75-52(9)50(7)73-61(54(75)11)42-89(18,19)125-73/h24-28,31-33,36,46-49,56,63-67,71-72H,23,29-30,34-35,37-45H2,1-22H3,(H,95,113)(H,96,112)(H,97,118)(H,98,108)(H,99,109)(H,100,117)(H,101,111)(H,102,114)(H,103,115)(H,104,116)(H3,91,93,105)(H3,92,94,106). The molecule has 0 saturated carbocycles. The van der Waals surface area contributed by atoms with E-state index in [1.807, 2.05) is 27.7 Å². The number of fused-ring (bicyclic) bond motifs is 3. The molecule has 0 saturated heterocycles. The molecule has 39 heteroatoms. The maximum Gasteiger partial charge on any atom is 0.419 e. The Morgan fingerprint density at radius 2 is 0.977 bits per heavy atom. The second-order valence-corrected chi connectivity index (χ2v) is 39.4. The van der Waals surface area contributed by atoms with Crippen LogP contribution in [-0.4, -0.2) is 203 Å². The lowest BCUT2D eigenvalue weighted by Gasteiger charge is -2.29. The first-order valence-electron chi connectivity index (χ1n) is 43.3. The molecule has 0 radical (unpaired) electrons. The van der Waals surface area contributed by atoms with Crippen LogP contribution in [0.1, 0.15) is 198 Å². The van der Waals surface area contributed by atoms with Crippen molar-refractivity contribution in [3.05, 3.63) is 116 Å². The molecule has 3 heterocycles. The van der Waals surface area contributed by atoms with Crippen LogP contribution in [0.2, 0.25) is 0 Å². The molecule has 7 rings (SSSR count). The number of hydrogen-bond donors (Lipinski definition) is 16. The van der Waals surface area contributed by atoms with Gasteiger partial charge in [-0.3, -0.25) is 68.1 Å². The van der Waals surface area contributed by atoms with Crippen molar-refractivity contribution in [1.29, 1.82) is 10.8 Å². The van der Waals surface area contributed by atoms with Crippen molar-refractivity contribution in [2.45, 2.75) is 285 Å². The number of ether oxygens (including phenoxy) is 4. The molecule has 708 valence electrons. The number of rotatable bonds is 41. The quantitative estimate of drug-likeness (QED) is 0.0104. The molecule has 2 aliphatic rings. The van der Waals surface area contributed by atoms with Crippen LogP contribution < -0.4 is 82.7 Å². The van der Waals surface area contributed by atoms with Crippen molar-refractivity contribution in [3.8, 4) is 11.5 Å². The van der Waals surface area contributed by atoms with Gasteiger partial charge in [-0.2, -0.15) is 0 Å². The van der Waals surface area contributed by atoms with Crippen LogP contribution in [0, 0.1) is 70.1 Å². The molecule has 0 spiro atoms. The molecule has 5 aromatic rings. The highest BCUT2D eigenvalue weighted by atomic mass is 32.2. The highest BCUT2D eigenvalue weighted by Crippen LogP contribution is 2.45. The number of methoxy groups -OCH3 is 1. The molecular formula is C90H131N17O20S2. The summed E-state index contributed by atoms with van der Waals surface area (Å²) in [5.74, 6) is -11.0. The highest BCUT2D eigenvalue weighted by molar-refractivity contribution is 7.90. The van der Waals surface area contributed by atoms with Crippen molar-refractivity contribution in [2.75, 3.05) is 33.3 Å². The number of hydrogen-bond acceptors (Lipinski definition) is 22. The van der Waals surface area contributed by atoms with Gasteiger partial charge >= 0.3 is 12.1 Å². The molecule has 0 fully saturated rings. The number of aromatic nitrogens is 1. The van der Waals surface area contributed by atoms with Crippen molar-refractivity contribution >= 4 is 114 Å². The Hall–Kier alpha value is -11.9. The lowest BCUT2D eigenvalue weighted by Crippen LogP contribution is -2.61. The van der Waals surface area contributed by atoms with Crippen molar-refractivity contribution in [2.24, 2.45) is 17.8 Å². The molecule has 10 amide bonds. The molecule has 0 bridgehead atoms. The summed E-state index contributed by atoms with van der Waals surface area (Å²) in [4.78, 5) is 169. The molecular weight excluding hydrogens is 1700 g/mol. The zero-order valence-electron chi connectivity index (χ0n) is 78.0. The minimum Gasteiger partial charge on any atom is -0.487 e. The van der Waals surface area contributed by atoms with Gasteiger partial charge in [-0.15, -0.1) is 0 Å². The number of esters is 1. The van der Waals surface area contributed by atoms with Gasteiger partial charge < -0.3 is 82.7 Å². The van der Waals surface area contributed by atoms with Crippen LogP contribution in [0.4, 0.5) is 4.79 Å². The Morgan fingerprint density at radius 3 is 1.47 bits per heavy atom. The summed E-state index contributed by atoms with van der Waals surface area (Å²) in [5.41, 5.74) is 3.78. The second kappa shape index (κ2) is 44.4. The van der Waals surface area contributed by atoms with E-state index in [2.05, 4.69) is 73.2 Å². The van der Waals surface area contributed by atoms with E-state index in [1.54, 1.807) is 158 Å². The average Bonchev–Trinajstić information content (AvgIpc) is 1.58. The summed E-state index contributed by atoms with van der Waals surface area (Å²) in [6, 6.07) is 4.28. The predicted octanol–water partition coefficient (Wildman–Crippen LogP) is 5.13. The van der Waals surface area contributed by atoms with Gasteiger partial charge in [0.25, 0.3) is 20.0 Å². The van der Waals surface area contributed by atoms with Gasteiger partial charge in [-0.05, 0) is 197 Å². The fourth-order valence-electron chi connectivity index (χ4n) is 15.5. The molecule has 129 heavy (non-hydrogen) atoms. The molecule has 16 N–H and O–H groups in total. The minimum atomic E-state index is -4.42. The molecule has 9 atom stereocenters. The third kappa shape index (κ3) is 28.5. The smallest absolute Gasteiger partial charge is 0.419 e. The Morgan fingerprint density at radius 1 is 0.519 bits per heavy atom. The van der Waals surface area contributed by atoms with E-state index in [1.165, 1.54) is 24.6 Å². The van der Waals surface area contributed by atoms with E-state index >= 15 is 14.4 Å². The van der Waals surface area contributed by atoms with E-state index in [0.717, 1.165) is 18.2 Å². The number of nitrogens with zero attached hydrogens (tertiary/aromatic N) is 1. The van der Waals surface area contributed by atoms with Crippen LogP contribution in [0.3, 0.4) is 0 Å². The van der Waals surface area contributed by atoms with Crippen LogP contribution >= 0.6 is 0 Å². The van der Waals surface area contributed by atoms with Crippen LogP contribution in [0.15, 0.2) is 70.6 Å². The number of para-hydroxylation sites is 1. The van der Waals surface area contributed by atoms with Gasteiger partial charge in [0.2, 0.25) is 71.0 Å². The fraction of sp³-hybridized carbons (Fsp3) is 0.556. The van der Waals surface area contributed by atoms with E-state index in [9.17, 15) is 60.0 Å². The number of carbonyl (C=O) groups is 12. The Balaban J connectivity index is 1.12. The summed E-state index contributed by atoms with van der Waals surface area (Å²) in [6.45, 7) is 33.8. The SMILES string of the molecule is CCC(C)C(NC(=O)C(Cc1ccccc1)NC(C)=O)C(=O)NC(C)C(=O)NC(Cc1cn(C(=O)OC(C)(C)C)c2ccccc12)C(=O)NC(CC(C)C)C(=O)NC(C(=O)NC(CCCNC(=N)NS(=O)(=O)c1c(C)c(C)c2c(c1C)CC(C)(C)O2)C(=O)NCC(=O)NC(CCCNC(=N)NS(=O)(=O)c1c(C)c(C)c2c(c1C)CC(C)(C)O2)C(=O)NCC(=O)OC)C(C)C. The summed E-state index contributed by atoms with van der Waals surface area (Å²) < 4.78 is 84.9. The van der Waals surface area contributed by atoms with E-state index in [4.69, 9.17) is 29.8 Å². The van der Waals surface area contributed by atoms with E-state index < -0.39 is 193 Å². The number of guanidine groups is 2. The topological polar surface area (TPSA) is 531 Å². The first-order chi connectivity index (χ1) is 60.1. The van der Waals surface area contributed by atoms with Crippen LogP contribution in [-0.2, 0) is 108 Å². The zero-order chi connectivity index (χ0) is 96.4. The van der Waals surface area contributed by atoms with Gasteiger partial charge in [0.1, 0.15) is 83.2 Å². The summed E-state index contributed by atoms with van der Waals surface area (Å²) in [7, 11) is -7.68. The van der Waals surface area contributed by atoms with Gasteiger partial charge in [-0.1, -0.05) is 96.5 Å². The molecule has 9 unspecified atom stereocenters. The predicted molar refractivity (Wildman–Crippen MR) is 485 cm³/mol. The summed E-state index contributed by atoms with van der Waals surface area (Å²) >= 11 is 0. The lowest BCUT2D eigenvalue weighted by molar-refractivity contribution is -0.141.